The smallest absolute Gasteiger partial charge is 0.262 e. The maximum atomic E-state index is 13.1. The van der Waals surface area contributed by atoms with Gasteiger partial charge in [0.2, 0.25) is 0 Å². The van der Waals surface area contributed by atoms with Gasteiger partial charge in [-0.2, -0.15) is 0 Å². The van der Waals surface area contributed by atoms with Gasteiger partial charge < -0.3 is 9.30 Å². The summed E-state index contributed by atoms with van der Waals surface area (Å²) in [6.07, 6.45) is 1.87. The monoisotopic (exact) mass is 441 g/mol. The highest BCUT2D eigenvalue weighted by molar-refractivity contribution is 7.99. The first-order valence-electron chi connectivity index (χ1n) is 10.7. The maximum Gasteiger partial charge on any atom is 0.262 e. The number of aryl methyl sites for hydroxylation is 1. The second-order valence-corrected chi connectivity index (χ2v) is 8.84. The summed E-state index contributed by atoms with van der Waals surface area (Å²) in [5.41, 5.74) is 3.33. The summed E-state index contributed by atoms with van der Waals surface area (Å²) < 4.78 is 9.15. The predicted octanol–water partition coefficient (Wildman–Crippen LogP) is 4.80. The minimum absolute atomic E-state index is 0.0402. The molecule has 0 aliphatic rings. The number of nitrogens with zero attached hydrogens (tertiary/aromatic N) is 3. The summed E-state index contributed by atoms with van der Waals surface area (Å²) >= 11 is 1.34. The Bertz CT molecular complexity index is 1130. The SMILES string of the molecule is CCCCn1c(SCC(=O)c2cc(C)n(C(C)COC)c2C)nc2ccccc2c1=O. The van der Waals surface area contributed by atoms with Crippen LogP contribution < -0.4 is 5.56 Å². The first-order chi connectivity index (χ1) is 14.9. The first-order valence-corrected chi connectivity index (χ1v) is 11.7. The van der Waals surface area contributed by atoms with Crippen molar-refractivity contribution in [3.63, 3.8) is 0 Å². The Morgan fingerprint density at radius 2 is 2.00 bits per heavy atom. The Morgan fingerprint density at radius 1 is 1.26 bits per heavy atom. The molecule has 3 rings (SSSR count). The Balaban J connectivity index is 1.88. The molecule has 31 heavy (non-hydrogen) atoms. The van der Waals surface area contributed by atoms with E-state index in [2.05, 4.69) is 18.4 Å². The quantitative estimate of drug-likeness (QED) is 0.257. The van der Waals surface area contributed by atoms with Crippen molar-refractivity contribution in [1.82, 2.24) is 14.1 Å². The maximum absolute atomic E-state index is 13.1. The van der Waals surface area contributed by atoms with Crippen molar-refractivity contribution in [2.75, 3.05) is 19.5 Å². The van der Waals surface area contributed by atoms with Gasteiger partial charge in [0.05, 0.1) is 29.3 Å². The molecule has 1 aromatic carbocycles. The summed E-state index contributed by atoms with van der Waals surface area (Å²) in [6, 6.07) is 9.48. The molecule has 0 spiro atoms. The number of methoxy groups -OCH3 is 1. The van der Waals surface area contributed by atoms with Gasteiger partial charge in [-0.25, -0.2) is 4.98 Å². The van der Waals surface area contributed by atoms with Crippen LogP contribution >= 0.6 is 11.8 Å². The summed E-state index contributed by atoms with van der Waals surface area (Å²) in [5, 5.41) is 1.22. The van der Waals surface area contributed by atoms with Gasteiger partial charge in [-0.3, -0.25) is 14.2 Å². The third-order valence-electron chi connectivity index (χ3n) is 5.53. The highest BCUT2D eigenvalue weighted by Crippen LogP contribution is 2.24. The molecule has 0 bridgehead atoms. The van der Waals surface area contributed by atoms with Gasteiger partial charge >= 0.3 is 0 Å². The fourth-order valence-electron chi connectivity index (χ4n) is 4.03. The highest BCUT2D eigenvalue weighted by atomic mass is 32.2. The first kappa shape index (κ1) is 23.3. The number of carbonyl (C=O) groups is 1. The van der Waals surface area contributed by atoms with Crippen LogP contribution in [0.25, 0.3) is 10.9 Å². The normalized spacial score (nSPS) is 12.4. The zero-order chi connectivity index (χ0) is 22.5. The molecule has 0 N–H and O–H groups in total. The lowest BCUT2D eigenvalue weighted by molar-refractivity contribution is 0.102. The molecule has 0 saturated carbocycles. The van der Waals surface area contributed by atoms with E-state index in [-0.39, 0.29) is 23.1 Å². The van der Waals surface area contributed by atoms with Gasteiger partial charge in [0.15, 0.2) is 10.9 Å². The van der Waals surface area contributed by atoms with Crippen molar-refractivity contribution in [2.45, 2.75) is 58.3 Å². The van der Waals surface area contributed by atoms with E-state index in [4.69, 9.17) is 9.72 Å². The van der Waals surface area contributed by atoms with E-state index in [0.29, 0.717) is 29.2 Å². The number of Topliss-reactive ketones (excluding diaryl/α,β-unsaturated/α-hetero) is 1. The molecule has 7 heteroatoms. The summed E-state index contributed by atoms with van der Waals surface area (Å²) in [4.78, 5) is 30.8. The van der Waals surface area contributed by atoms with Crippen molar-refractivity contribution in [1.29, 1.82) is 0 Å². The van der Waals surface area contributed by atoms with Gasteiger partial charge in [-0.15, -0.1) is 0 Å². The molecular weight excluding hydrogens is 410 g/mol. The van der Waals surface area contributed by atoms with Gasteiger partial charge in [0, 0.05) is 30.6 Å². The van der Waals surface area contributed by atoms with E-state index in [1.54, 1.807) is 11.7 Å². The minimum atomic E-state index is -0.0411. The van der Waals surface area contributed by atoms with Crippen LogP contribution in [-0.4, -0.2) is 39.4 Å². The number of para-hydroxylation sites is 1. The molecule has 0 aliphatic carbocycles. The average molecular weight is 442 g/mol. The number of thioether (sulfide) groups is 1. The predicted molar refractivity (Wildman–Crippen MR) is 126 cm³/mol. The molecule has 166 valence electrons. The van der Waals surface area contributed by atoms with Crippen molar-refractivity contribution in [3.05, 3.63) is 57.6 Å². The standard InChI is InChI=1S/C24H31N3O3S/c1-6-7-12-26-23(29)19-10-8-9-11-21(19)25-24(26)31-15-22(28)20-13-16(2)27(18(20)4)17(3)14-30-5/h8-11,13,17H,6-7,12,14-15H2,1-5H3. The summed E-state index contributed by atoms with van der Waals surface area (Å²) in [5.74, 6) is 0.276. The van der Waals surface area contributed by atoms with Gasteiger partial charge in [0.25, 0.3) is 5.56 Å². The lowest BCUT2D eigenvalue weighted by Crippen LogP contribution is -2.24. The number of hydrogen-bond acceptors (Lipinski definition) is 5. The van der Waals surface area contributed by atoms with Gasteiger partial charge in [-0.1, -0.05) is 37.2 Å². The van der Waals surface area contributed by atoms with Crippen LogP contribution in [0.15, 0.2) is 40.3 Å². The number of fused-ring (bicyclic) bond motifs is 1. The molecule has 0 radical (unpaired) electrons. The summed E-state index contributed by atoms with van der Waals surface area (Å²) in [7, 11) is 1.68. The zero-order valence-corrected chi connectivity index (χ0v) is 19.8. The molecule has 3 aromatic rings. The Morgan fingerprint density at radius 3 is 2.71 bits per heavy atom. The molecule has 0 aliphatic heterocycles. The molecule has 2 heterocycles. The van der Waals surface area contributed by atoms with Gasteiger partial charge in [0.1, 0.15) is 0 Å². The van der Waals surface area contributed by atoms with E-state index in [9.17, 15) is 9.59 Å². The molecule has 1 atom stereocenters. The minimum Gasteiger partial charge on any atom is -0.383 e. The van der Waals surface area contributed by atoms with E-state index >= 15 is 0 Å². The Hall–Kier alpha value is -2.38. The van der Waals surface area contributed by atoms with Crippen LogP contribution in [0.1, 0.15) is 54.5 Å². The Labute approximate surface area is 187 Å². The number of ether oxygens (including phenoxy) is 1. The van der Waals surface area contributed by atoms with Crippen molar-refractivity contribution >= 4 is 28.4 Å². The molecule has 2 aromatic heterocycles. The lowest BCUT2D eigenvalue weighted by atomic mass is 10.2. The molecule has 0 fully saturated rings. The lowest BCUT2D eigenvalue weighted by Gasteiger charge is -2.17. The number of rotatable bonds is 10. The number of aromatic nitrogens is 3. The van der Waals surface area contributed by atoms with E-state index in [1.165, 1.54) is 11.8 Å². The van der Waals surface area contributed by atoms with Crippen LogP contribution in [0, 0.1) is 13.8 Å². The highest BCUT2D eigenvalue weighted by Gasteiger charge is 2.20. The fourth-order valence-corrected chi connectivity index (χ4v) is 4.94. The third-order valence-corrected chi connectivity index (χ3v) is 6.50. The van der Waals surface area contributed by atoms with E-state index in [1.807, 2.05) is 44.2 Å². The number of hydrogen-bond donors (Lipinski definition) is 0. The van der Waals surface area contributed by atoms with Crippen LogP contribution in [0.5, 0.6) is 0 Å². The topological polar surface area (TPSA) is 66.1 Å². The number of ketones is 1. The second kappa shape index (κ2) is 10.3. The van der Waals surface area contributed by atoms with E-state index in [0.717, 1.165) is 29.8 Å². The number of benzene rings is 1. The molecule has 0 amide bonds. The van der Waals surface area contributed by atoms with Crippen molar-refractivity contribution in [3.8, 4) is 0 Å². The van der Waals surface area contributed by atoms with Gasteiger partial charge in [-0.05, 0) is 45.4 Å². The molecule has 6 nitrogen and oxygen atoms in total. The summed E-state index contributed by atoms with van der Waals surface area (Å²) in [6.45, 7) is 9.35. The fraction of sp³-hybridized carbons (Fsp3) is 0.458. The molecule has 1 unspecified atom stereocenters. The zero-order valence-electron chi connectivity index (χ0n) is 19.0. The van der Waals surface area contributed by atoms with Crippen LogP contribution in [0.3, 0.4) is 0 Å². The third kappa shape index (κ3) is 4.93. The Kier molecular flexibility index (Phi) is 7.73. The molecule has 0 saturated heterocycles. The largest absolute Gasteiger partial charge is 0.383 e. The number of unbranched alkanes of at least 4 members (excludes halogenated alkanes) is 1. The van der Waals surface area contributed by atoms with Crippen LogP contribution in [0.4, 0.5) is 0 Å². The van der Waals surface area contributed by atoms with Crippen molar-refractivity contribution < 1.29 is 9.53 Å². The van der Waals surface area contributed by atoms with E-state index < -0.39 is 0 Å². The average Bonchev–Trinajstić information content (AvgIpc) is 3.05. The number of carbonyl (C=O) groups excluding carboxylic acids is 1. The second-order valence-electron chi connectivity index (χ2n) is 7.89. The van der Waals surface area contributed by atoms with Crippen molar-refractivity contribution in [2.24, 2.45) is 0 Å². The molecular formula is C24H31N3O3S. The van der Waals surface area contributed by atoms with Crippen LogP contribution in [0.2, 0.25) is 0 Å². The van der Waals surface area contributed by atoms with Crippen LogP contribution in [-0.2, 0) is 11.3 Å².